The molecule has 0 atom stereocenters. The molecule has 1 aliphatic rings. The maximum Gasteiger partial charge on any atom is 0.265 e. The van der Waals surface area contributed by atoms with Gasteiger partial charge in [0.2, 0.25) is 10.0 Å². The van der Waals surface area contributed by atoms with Gasteiger partial charge in [0, 0.05) is 17.6 Å². The first-order chi connectivity index (χ1) is 13.7. The van der Waals surface area contributed by atoms with Gasteiger partial charge in [-0.2, -0.15) is 4.31 Å². The second kappa shape index (κ2) is 8.50. The standard InChI is InChI=1S/C18H21BrN2O6S2/c1-26-16-8-6-14(29(24,25)21-9-3-4-10-21)12-15(16)20-28(22,23)18-11-13(19)5-7-17(18)27-2/h5-8,11-12,20H,3-4,9-10H2,1-2H3. The van der Waals surface area contributed by atoms with Crippen molar-refractivity contribution in [3.8, 4) is 11.5 Å². The average molecular weight is 505 g/mol. The third-order valence-electron chi connectivity index (χ3n) is 4.53. The van der Waals surface area contributed by atoms with E-state index in [1.165, 1.54) is 48.9 Å². The van der Waals surface area contributed by atoms with E-state index < -0.39 is 20.0 Å². The summed E-state index contributed by atoms with van der Waals surface area (Å²) in [7, 11) is -5.06. The quantitative estimate of drug-likeness (QED) is 0.621. The Hall–Kier alpha value is -1.82. The molecule has 2 aromatic rings. The number of hydrogen-bond donors (Lipinski definition) is 1. The molecule has 0 radical (unpaired) electrons. The van der Waals surface area contributed by atoms with E-state index in [0.717, 1.165) is 12.8 Å². The van der Waals surface area contributed by atoms with E-state index in [1.54, 1.807) is 6.07 Å². The highest BCUT2D eigenvalue weighted by molar-refractivity contribution is 9.10. The summed E-state index contributed by atoms with van der Waals surface area (Å²) >= 11 is 3.25. The summed E-state index contributed by atoms with van der Waals surface area (Å²) in [5.74, 6) is 0.350. The molecule has 8 nitrogen and oxygen atoms in total. The van der Waals surface area contributed by atoms with Crippen LogP contribution in [-0.4, -0.2) is 48.4 Å². The van der Waals surface area contributed by atoms with Crippen LogP contribution < -0.4 is 14.2 Å². The van der Waals surface area contributed by atoms with Gasteiger partial charge in [-0.1, -0.05) is 15.9 Å². The Balaban J connectivity index is 2.03. The first-order valence-corrected chi connectivity index (χ1v) is 12.5. The van der Waals surface area contributed by atoms with E-state index in [4.69, 9.17) is 9.47 Å². The summed E-state index contributed by atoms with van der Waals surface area (Å²) in [5.41, 5.74) is 0.0230. The van der Waals surface area contributed by atoms with Gasteiger partial charge >= 0.3 is 0 Å². The van der Waals surface area contributed by atoms with E-state index in [9.17, 15) is 16.8 Å². The van der Waals surface area contributed by atoms with Gasteiger partial charge in [0.1, 0.15) is 16.4 Å². The van der Waals surface area contributed by atoms with Gasteiger partial charge < -0.3 is 9.47 Å². The minimum atomic E-state index is -4.09. The van der Waals surface area contributed by atoms with Gasteiger partial charge in [0.05, 0.1) is 24.8 Å². The summed E-state index contributed by atoms with van der Waals surface area (Å²) in [6, 6.07) is 8.68. The number of benzene rings is 2. The highest BCUT2D eigenvalue weighted by Crippen LogP contribution is 2.34. The Labute approximate surface area is 179 Å². The van der Waals surface area contributed by atoms with Gasteiger partial charge in [-0.05, 0) is 49.2 Å². The van der Waals surface area contributed by atoms with E-state index in [2.05, 4.69) is 20.7 Å². The molecule has 0 bridgehead atoms. The molecule has 2 aromatic carbocycles. The second-order valence-electron chi connectivity index (χ2n) is 6.37. The molecule has 1 saturated heterocycles. The molecule has 11 heteroatoms. The highest BCUT2D eigenvalue weighted by atomic mass is 79.9. The molecule has 1 fully saturated rings. The fourth-order valence-electron chi connectivity index (χ4n) is 3.07. The molecular formula is C18H21BrN2O6S2. The maximum atomic E-state index is 13.0. The molecular weight excluding hydrogens is 484 g/mol. The fourth-order valence-corrected chi connectivity index (χ4v) is 6.38. The normalized spacial score (nSPS) is 15.3. The van der Waals surface area contributed by atoms with Crippen molar-refractivity contribution in [1.82, 2.24) is 4.31 Å². The van der Waals surface area contributed by atoms with Crippen molar-refractivity contribution in [3.63, 3.8) is 0 Å². The van der Waals surface area contributed by atoms with Crippen LogP contribution in [0.25, 0.3) is 0 Å². The molecule has 0 saturated carbocycles. The van der Waals surface area contributed by atoms with Crippen molar-refractivity contribution in [2.45, 2.75) is 22.6 Å². The molecule has 1 heterocycles. The average Bonchev–Trinajstić information content (AvgIpc) is 3.23. The largest absolute Gasteiger partial charge is 0.495 e. The van der Waals surface area contributed by atoms with Crippen molar-refractivity contribution in [2.24, 2.45) is 0 Å². The van der Waals surface area contributed by atoms with Crippen LogP contribution in [-0.2, 0) is 20.0 Å². The smallest absolute Gasteiger partial charge is 0.265 e. The van der Waals surface area contributed by atoms with Crippen LogP contribution in [0.5, 0.6) is 11.5 Å². The van der Waals surface area contributed by atoms with Crippen molar-refractivity contribution < 1.29 is 26.3 Å². The highest BCUT2D eigenvalue weighted by Gasteiger charge is 2.29. The number of nitrogens with one attached hydrogen (secondary N) is 1. The lowest BCUT2D eigenvalue weighted by molar-refractivity contribution is 0.402. The lowest BCUT2D eigenvalue weighted by Gasteiger charge is -2.18. The van der Waals surface area contributed by atoms with Crippen molar-refractivity contribution >= 4 is 41.7 Å². The molecule has 0 amide bonds. The van der Waals surface area contributed by atoms with Crippen LogP contribution in [0, 0.1) is 0 Å². The maximum absolute atomic E-state index is 13.0. The van der Waals surface area contributed by atoms with Gasteiger partial charge in [-0.25, -0.2) is 16.8 Å². The van der Waals surface area contributed by atoms with Crippen LogP contribution in [0.3, 0.4) is 0 Å². The van der Waals surface area contributed by atoms with Gasteiger partial charge in [-0.3, -0.25) is 4.72 Å². The third kappa shape index (κ3) is 4.52. The first kappa shape index (κ1) is 21.9. The minimum absolute atomic E-state index is 0.000827. The first-order valence-electron chi connectivity index (χ1n) is 8.73. The van der Waals surface area contributed by atoms with Crippen LogP contribution in [0.2, 0.25) is 0 Å². The Morgan fingerprint density at radius 1 is 0.931 bits per heavy atom. The minimum Gasteiger partial charge on any atom is -0.495 e. The van der Waals surface area contributed by atoms with E-state index in [1.807, 2.05) is 0 Å². The summed E-state index contributed by atoms with van der Waals surface area (Å²) in [5, 5.41) is 0. The number of anilines is 1. The topological polar surface area (TPSA) is 102 Å². The number of methoxy groups -OCH3 is 2. The lowest BCUT2D eigenvalue weighted by atomic mass is 10.3. The molecule has 1 aliphatic heterocycles. The van der Waals surface area contributed by atoms with Crippen LogP contribution >= 0.6 is 15.9 Å². The zero-order valence-electron chi connectivity index (χ0n) is 15.9. The van der Waals surface area contributed by atoms with Crippen LogP contribution in [0.1, 0.15) is 12.8 Å². The fraction of sp³-hybridized carbons (Fsp3) is 0.333. The predicted octanol–water partition coefficient (Wildman–Crippen LogP) is 3.05. The van der Waals surface area contributed by atoms with Crippen molar-refractivity contribution in [1.29, 1.82) is 0 Å². The van der Waals surface area contributed by atoms with Gasteiger partial charge in [-0.15, -0.1) is 0 Å². The number of rotatable bonds is 7. The van der Waals surface area contributed by atoms with E-state index in [-0.39, 0.29) is 27.0 Å². The number of halogens is 1. The van der Waals surface area contributed by atoms with Crippen molar-refractivity contribution in [3.05, 3.63) is 40.9 Å². The zero-order chi connectivity index (χ0) is 21.2. The SMILES string of the molecule is COc1ccc(S(=O)(=O)N2CCCC2)cc1NS(=O)(=O)c1cc(Br)ccc1OC. The number of sulfonamides is 2. The molecule has 1 N–H and O–H groups in total. The molecule has 0 spiro atoms. The number of hydrogen-bond acceptors (Lipinski definition) is 6. The summed E-state index contributed by atoms with van der Waals surface area (Å²) in [6.45, 7) is 0.898. The second-order valence-corrected chi connectivity index (χ2v) is 10.9. The Morgan fingerprint density at radius 2 is 1.55 bits per heavy atom. The lowest BCUT2D eigenvalue weighted by Crippen LogP contribution is -2.28. The Bertz CT molecular complexity index is 1110. The molecule has 0 aliphatic carbocycles. The summed E-state index contributed by atoms with van der Waals surface area (Å²) in [6.07, 6.45) is 1.61. The van der Waals surface area contributed by atoms with Crippen LogP contribution in [0.4, 0.5) is 5.69 Å². The molecule has 0 aromatic heterocycles. The summed E-state index contributed by atoms with van der Waals surface area (Å²) < 4.78 is 66.4. The molecule has 0 unspecified atom stereocenters. The Morgan fingerprint density at radius 3 is 2.17 bits per heavy atom. The van der Waals surface area contributed by atoms with Gasteiger partial charge in [0.15, 0.2) is 0 Å². The molecule has 158 valence electrons. The van der Waals surface area contributed by atoms with Crippen molar-refractivity contribution in [2.75, 3.05) is 32.0 Å². The molecule has 3 rings (SSSR count). The van der Waals surface area contributed by atoms with Crippen LogP contribution in [0.15, 0.2) is 50.7 Å². The third-order valence-corrected chi connectivity index (χ3v) is 8.31. The van der Waals surface area contributed by atoms with E-state index in [0.29, 0.717) is 17.6 Å². The monoisotopic (exact) mass is 504 g/mol. The molecule has 29 heavy (non-hydrogen) atoms. The predicted molar refractivity (Wildman–Crippen MR) is 112 cm³/mol. The van der Waals surface area contributed by atoms with Gasteiger partial charge in [0.25, 0.3) is 10.0 Å². The Kier molecular flexibility index (Phi) is 6.42. The zero-order valence-corrected chi connectivity index (χ0v) is 19.1. The summed E-state index contributed by atoms with van der Waals surface area (Å²) in [4.78, 5) is -0.0941. The number of nitrogens with zero attached hydrogens (tertiary/aromatic N) is 1. The van der Waals surface area contributed by atoms with E-state index >= 15 is 0 Å². The number of ether oxygens (including phenoxy) is 2.